The van der Waals surface area contributed by atoms with Crippen LogP contribution >= 0.6 is 0 Å². The first-order valence-corrected chi connectivity index (χ1v) is 3.84. The van der Waals surface area contributed by atoms with Gasteiger partial charge in [-0.05, 0) is 23.8 Å². The zero-order valence-electron chi connectivity index (χ0n) is 7.23. The second-order valence-corrected chi connectivity index (χ2v) is 2.79. The van der Waals surface area contributed by atoms with Crippen LogP contribution in [0.5, 0.6) is 0 Å². The Bertz CT molecular complexity index is 386. The molecule has 1 rings (SSSR count). The number of hydrogen-bond donors (Lipinski definition) is 3. The van der Waals surface area contributed by atoms with Crippen LogP contribution in [0.4, 0.5) is 5.69 Å². The average molecular weight is 195 g/mol. The number of carboxylic acid groups (broad SMARTS) is 2. The topological polar surface area (TPSA) is 101 Å². The molecule has 0 fully saturated rings. The van der Waals surface area contributed by atoms with Gasteiger partial charge in [0.2, 0.25) is 0 Å². The van der Waals surface area contributed by atoms with E-state index in [2.05, 4.69) is 0 Å². The third kappa shape index (κ3) is 2.22. The van der Waals surface area contributed by atoms with E-state index < -0.39 is 11.9 Å². The molecule has 4 N–H and O–H groups in total. The molecule has 0 aliphatic heterocycles. The molecule has 0 saturated carbocycles. The molecule has 0 spiro atoms. The molecular weight excluding hydrogens is 186 g/mol. The highest BCUT2D eigenvalue weighted by Crippen LogP contribution is 2.14. The number of benzene rings is 1. The van der Waals surface area contributed by atoms with Crippen LogP contribution in [0.3, 0.4) is 0 Å². The number of carbonyl (C=O) groups is 2. The summed E-state index contributed by atoms with van der Waals surface area (Å²) in [5.74, 6) is -2.24. The third-order valence-electron chi connectivity index (χ3n) is 1.70. The first kappa shape index (κ1) is 10.0. The van der Waals surface area contributed by atoms with Crippen molar-refractivity contribution in [3.8, 4) is 0 Å². The maximum atomic E-state index is 10.7. The van der Waals surface area contributed by atoms with Crippen LogP contribution in [-0.4, -0.2) is 22.2 Å². The smallest absolute Gasteiger partial charge is 0.335 e. The first-order valence-electron chi connectivity index (χ1n) is 3.84. The Morgan fingerprint density at radius 2 is 1.93 bits per heavy atom. The van der Waals surface area contributed by atoms with Gasteiger partial charge >= 0.3 is 11.9 Å². The number of aliphatic carboxylic acids is 1. The summed E-state index contributed by atoms with van der Waals surface area (Å²) in [7, 11) is 0. The van der Waals surface area contributed by atoms with E-state index in [-0.39, 0.29) is 17.5 Å². The van der Waals surface area contributed by atoms with E-state index in [1.807, 2.05) is 0 Å². The zero-order valence-corrected chi connectivity index (χ0v) is 7.23. The number of nitrogens with two attached hydrogens (primary N) is 1. The quantitative estimate of drug-likeness (QED) is 0.613. The van der Waals surface area contributed by atoms with Crippen molar-refractivity contribution in [2.75, 3.05) is 5.73 Å². The molecule has 0 saturated heterocycles. The fourth-order valence-electron chi connectivity index (χ4n) is 1.13. The van der Waals surface area contributed by atoms with Crippen molar-refractivity contribution in [3.05, 3.63) is 29.3 Å². The minimum atomic E-state index is -1.15. The van der Waals surface area contributed by atoms with Gasteiger partial charge in [0.1, 0.15) is 0 Å². The van der Waals surface area contributed by atoms with Gasteiger partial charge in [-0.1, -0.05) is 0 Å². The molecule has 0 atom stereocenters. The summed E-state index contributed by atoms with van der Waals surface area (Å²) in [4.78, 5) is 21.1. The molecule has 0 aromatic heterocycles. The molecule has 74 valence electrons. The lowest BCUT2D eigenvalue weighted by Gasteiger charge is -2.04. The van der Waals surface area contributed by atoms with E-state index in [4.69, 9.17) is 15.9 Å². The van der Waals surface area contributed by atoms with Gasteiger partial charge in [-0.2, -0.15) is 0 Å². The Hall–Kier alpha value is -2.04. The van der Waals surface area contributed by atoms with Crippen LogP contribution in [0.1, 0.15) is 15.9 Å². The highest BCUT2D eigenvalue weighted by Gasteiger charge is 2.12. The molecule has 0 aliphatic rings. The average Bonchev–Trinajstić information content (AvgIpc) is 2.01. The van der Waals surface area contributed by atoms with E-state index in [1.54, 1.807) is 0 Å². The summed E-state index contributed by atoms with van der Waals surface area (Å²) in [6.07, 6.45) is -0.341. The third-order valence-corrected chi connectivity index (χ3v) is 1.70. The second kappa shape index (κ2) is 3.78. The zero-order chi connectivity index (χ0) is 10.7. The van der Waals surface area contributed by atoms with Gasteiger partial charge in [0, 0.05) is 5.69 Å². The van der Waals surface area contributed by atoms with Crippen molar-refractivity contribution in [2.24, 2.45) is 0 Å². The Morgan fingerprint density at radius 3 is 2.43 bits per heavy atom. The summed E-state index contributed by atoms with van der Waals surface area (Å²) in [6, 6.07) is 4.09. The Balaban J connectivity index is 3.15. The molecule has 5 nitrogen and oxygen atoms in total. The number of carboxylic acids is 2. The monoisotopic (exact) mass is 195 g/mol. The molecule has 0 radical (unpaired) electrons. The van der Waals surface area contributed by atoms with Crippen LogP contribution in [0, 0.1) is 0 Å². The van der Waals surface area contributed by atoms with E-state index in [9.17, 15) is 9.59 Å². The molecule has 1 aromatic carbocycles. The van der Waals surface area contributed by atoms with Crippen molar-refractivity contribution >= 4 is 17.6 Å². The van der Waals surface area contributed by atoms with Crippen LogP contribution in [0.2, 0.25) is 0 Å². The number of hydrogen-bond acceptors (Lipinski definition) is 3. The minimum Gasteiger partial charge on any atom is -0.481 e. The molecule has 0 heterocycles. The second-order valence-electron chi connectivity index (χ2n) is 2.79. The van der Waals surface area contributed by atoms with Gasteiger partial charge in [-0.15, -0.1) is 0 Å². The van der Waals surface area contributed by atoms with Gasteiger partial charge in [-0.25, -0.2) is 4.79 Å². The molecular formula is C9H9NO4. The molecule has 0 aliphatic carbocycles. The lowest BCUT2D eigenvalue weighted by molar-refractivity contribution is -0.136. The summed E-state index contributed by atoms with van der Waals surface area (Å²) in [5, 5.41) is 17.3. The Morgan fingerprint density at radius 1 is 1.29 bits per heavy atom. The lowest BCUT2D eigenvalue weighted by Crippen LogP contribution is -2.08. The first-order chi connectivity index (χ1) is 6.50. The summed E-state index contributed by atoms with van der Waals surface area (Å²) < 4.78 is 0. The predicted molar refractivity (Wildman–Crippen MR) is 49.2 cm³/mol. The van der Waals surface area contributed by atoms with Gasteiger partial charge in [-0.3, -0.25) is 4.79 Å². The Kier molecular flexibility index (Phi) is 2.71. The summed E-state index contributed by atoms with van der Waals surface area (Å²) in [6.45, 7) is 0. The van der Waals surface area contributed by atoms with Gasteiger partial charge in [0.15, 0.2) is 0 Å². The highest BCUT2D eigenvalue weighted by molar-refractivity contribution is 5.91. The summed E-state index contributed by atoms with van der Waals surface area (Å²) >= 11 is 0. The molecule has 14 heavy (non-hydrogen) atoms. The van der Waals surface area contributed by atoms with Crippen molar-refractivity contribution < 1.29 is 19.8 Å². The van der Waals surface area contributed by atoms with E-state index in [1.165, 1.54) is 18.2 Å². The minimum absolute atomic E-state index is 0.0263. The largest absolute Gasteiger partial charge is 0.481 e. The predicted octanol–water partition coefficient (Wildman–Crippen LogP) is 0.594. The van der Waals surface area contributed by atoms with Crippen molar-refractivity contribution in [1.29, 1.82) is 0 Å². The molecule has 0 amide bonds. The summed E-state index contributed by atoms with van der Waals surface area (Å²) in [5.41, 5.74) is 5.96. The fourth-order valence-corrected chi connectivity index (χ4v) is 1.13. The van der Waals surface area contributed by atoms with Gasteiger partial charge in [0.25, 0.3) is 0 Å². The lowest BCUT2D eigenvalue weighted by atomic mass is 10.0. The van der Waals surface area contributed by atoms with Crippen LogP contribution < -0.4 is 5.73 Å². The van der Waals surface area contributed by atoms with Crippen molar-refractivity contribution in [2.45, 2.75) is 6.42 Å². The highest BCUT2D eigenvalue weighted by atomic mass is 16.4. The fraction of sp³-hybridized carbons (Fsp3) is 0.111. The van der Waals surface area contributed by atoms with Crippen LogP contribution in [0.25, 0.3) is 0 Å². The van der Waals surface area contributed by atoms with Gasteiger partial charge in [0.05, 0.1) is 12.0 Å². The molecule has 1 aromatic rings. The van der Waals surface area contributed by atoms with Gasteiger partial charge < -0.3 is 15.9 Å². The Labute approximate surface area is 79.8 Å². The number of nitrogen functional groups attached to an aromatic ring is 1. The molecule has 0 bridgehead atoms. The molecule has 5 heteroatoms. The number of aromatic carboxylic acids is 1. The van der Waals surface area contributed by atoms with Crippen molar-refractivity contribution in [1.82, 2.24) is 0 Å². The van der Waals surface area contributed by atoms with E-state index >= 15 is 0 Å². The van der Waals surface area contributed by atoms with Crippen molar-refractivity contribution in [3.63, 3.8) is 0 Å². The SMILES string of the molecule is Nc1ccc(C(=O)O)c(CC(=O)O)c1. The van der Waals surface area contributed by atoms with Crippen LogP contribution in [-0.2, 0) is 11.2 Å². The standard InChI is InChI=1S/C9H9NO4/c10-6-1-2-7(9(13)14)5(3-6)4-8(11)12/h1-3H,4,10H2,(H,11,12)(H,13,14). The van der Waals surface area contributed by atoms with Crippen LogP contribution in [0.15, 0.2) is 18.2 Å². The number of anilines is 1. The maximum absolute atomic E-state index is 10.7. The maximum Gasteiger partial charge on any atom is 0.335 e. The number of rotatable bonds is 3. The van der Waals surface area contributed by atoms with E-state index in [0.717, 1.165) is 0 Å². The molecule has 0 unspecified atom stereocenters. The van der Waals surface area contributed by atoms with E-state index in [0.29, 0.717) is 5.69 Å². The normalized spacial score (nSPS) is 9.71.